The molecule has 4 nitrogen and oxygen atoms in total. The van der Waals surface area contributed by atoms with Gasteiger partial charge < -0.3 is 10.1 Å². The Morgan fingerprint density at radius 1 is 1.45 bits per heavy atom. The SMILES string of the molecule is COC(=O)c1ccc(NC(C)Cc2ccsc2)nc1C. The Hall–Kier alpha value is -1.88. The van der Waals surface area contributed by atoms with E-state index in [9.17, 15) is 4.79 Å². The molecule has 1 unspecified atom stereocenters. The van der Waals surface area contributed by atoms with Gasteiger partial charge in [-0.3, -0.25) is 0 Å². The van der Waals surface area contributed by atoms with E-state index in [4.69, 9.17) is 4.74 Å². The molecule has 0 bridgehead atoms. The number of carbonyl (C=O) groups is 1. The summed E-state index contributed by atoms with van der Waals surface area (Å²) in [5.41, 5.74) is 2.49. The van der Waals surface area contributed by atoms with Crippen LogP contribution in [0, 0.1) is 6.92 Å². The van der Waals surface area contributed by atoms with E-state index in [0.717, 1.165) is 12.2 Å². The van der Waals surface area contributed by atoms with Crippen molar-refractivity contribution in [3.05, 3.63) is 45.8 Å². The molecule has 5 heteroatoms. The summed E-state index contributed by atoms with van der Waals surface area (Å²) < 4.78 is 4.71. The molecule has 1 atom stereocenters. The largest absolute Gasteiger partial charge is 0.465 e. The summed E-state index contributed by atoms with van der Waals surface area (Å²) in [5, 5.41) is 7.58. The van der Waals surface area contributed by atoms with Crippen molar-refractivity contribution >= 4 is 23.1 Å². The summed E-state index contributed by atoms with van der Waals surface area (Å²) in [7, 11) is 1.37. The molecule has 0 aliphatic rings. The van der Waals surface area contributed by atoms with Gasteiger partial charge in [-0.25, -0.2) is 9.78 Å². The van der Waals surface area contributed by atoms with Gasteiger partial charge >= 0.3 is 5.97 Å². The molecule has 0 aliphatic carbocycles. The van der Waals surface area contributed by atoms with Crippen molar-refractivity contribution in [2.75, 3.05) is 12.4 Å². The van der Waals surface area contributed by atoms with Gasteiger partial charge in [-0.05, 0) is 54.8 Å². The molecule has 0 fully saturated rings. The third-order valence-electron chi connectivity index (χ3n) is 3.01. The van der Waals surface area contributed by atoms with Crippen LogP contribution in [-0.2, 0) is 11.2 Å². The molecule has 2 aromatic rings. The number of ether oxygens (including phenoxy) is 1. The second kappa shape index (κ2) is 6.52. The molecule has 0 radical (unpaired) electrons. The van der Waals surface area contributed by atoms with Crippen LogP contribution in [0.15, 0.2) is 29.0 Å². The van der Waals surface area contributed by atoms with Crippen LogP contribution in [0.25, 0.3) is 0 Å². The average Bonchev–Trinajstić information content (AvgIpc) is 2.90. The monoisotopic (exact) mass is 290 g/mol. The molecule has 0 aliphatic heterocycles. The second-order valence-electron chi connectivity index (χ2n) is 4.70. The number of thiophene rings is 1. The highest BCUT2D eigenvalue weighted by Crippen LogP contribution is 2.15. The fraction of sp³-hybridized carbons (Fsp3) is 0.333. The number of aryl methyl sites for hydroxylation is 1. The van der Waals surface area contributed by atoms with E-state index in [0.29, 0.717) is 11.3 Å². The lowest BCUT2D eigenvalue weighted by molar-refractivity contribution is 0.0599. The van der Waals surface area contributed by atoms with Crippen LogP contribution in [0.1, 0.15) is 28.5 Å². The topological polar surface area (TPSA) is 51.2 Å². The number of anilines is 1. The molecule has 0 amide bonds. The quantitative estimate of drug-likeness (QED) is 0.859. The van der Waals surface area contributed by atoms with Crippen molar-refractivity contribution in [3.63, 3.8) is 0 Å². The molecule has 0 spiro atoms. The highest BCUT2D eigenvalue weighted by atomic mass is 32.1. The Labute approximate surface area is 122 Å². The van der Waals surface area contributed by atoms with Crippen LogP contribution >= 0.6 is 11.3 Å². The Kier molecular flexibility index (Phi) is 4.74. The Balaban J connectivity index is 2.03. The van der Waals surface area contributed by atoms with Crippen molar-refractivity contribution in [1.29, 1.82) is 0 Å². The normalized spacial score (nSPS) is 11.9. The van der Waals surface area contributed by atoms with E-state index in [1.54, 1.807) is 24.3 Å². The van der Waals surface area contributed by atoms with Gasteiger partial charge in [0.1, 0.15) is 5.82 Å². The van der Waals surface area contributed by atoms with Crippen LogP contribution in [0.2, 0.25) is 0 Å². The molecule has 0 saturated heterocycles. The van der Waals surface area contributed by atoms with Gasteiger partial charge in [0.05, 0.1) is 18.4 Å². The summed E-state index contributed by atoms with van der Waals surface area (Å²) in [6.45, 7) is 3.92. The fourth-order valence-corrected chi connectivity index (χ4v) is 2.71. The second-order valence-corrected chi connectivity index (χ2v) is 5.48. The number of hydrogen-bond donors (Lipinski definition) is 1. The first-order valence-corrected chi connectivity index (χ1v) is 7.38. The number of methoxy groups -OCH3 is 1. The van der Waals surface area contributed by atoms with Gasteiger partial charge in [-0.1, -0.05) is 0 Å². The Morgan fingerprint density at radius 2 is 2.25 bits per heavy atom. The molecule has 2 aromatic heterocycles. The standard InChI is InChI=1S/C15H18N2O2S/c1-10(8-12-6-7-20-9-12)16-14-5-4-13(11(2)17-14)15(18)19-3/h4-7,9-10H,8H2,1-3H3,(H,16,17). The highest BCUT2D eigenvalue weighted by Gasteiger charge is 2.11. The predicted octanol–water partition coefficient (Wildman–Crippen LogP) is 3.28. The first-order valence-electron chi connectivity index (χ1n) is 6.43. The van der Waals surface area contributed by atoms with E-state index in [-0.39, 0.29) is 12.0 Å². The lowest BCUT2D eigenvalue weighted by Gasteiger charge is -2.15. The van der Waals surface area contributed by atoms with Crippen molar-refractivity contribution in [2.24, 2.45) is 0 Å². The molecule has 1 N–H and O–H groups in total. The zero-order valence-electron chi connectivity index (χ0n) is 11.8. The van der Waals surface area contributed by atoms with Crippen molar-refractivity contribution in [1.82, 2.24) is 4.98 Å². The number of nitrogens with one attached hydrogen (secondary N) is 1. The van der Waals surface area contributed by atoms with Gasteiger partial charge in [0.15, 0.2) is 0 Å². The van der Waals surface area contributed by atoms with Gasteiger partial charge in [0.2, 0.25) is 0 Å². The van der Waals surface area contributed by atoms with Gasteiger partial charge in [0.25, 0.3) is 0 Å². The molecule has 2 rings (SSSR count). The summed E-state index contributed by atoms with van der Waals surface area (Å²) in [5.74, 6) is 0.422. The average molecular weight is 290 g/mol. The van der Waals surface area contributed by atoms with E-state index >= 15 is 0 Å². The first-order chi connectivity index (χ1) is 9.60. The first kappa shape index (κ1) is 14.5. The molecular formula is C15H18N2O2S. The molecule has 20 heavy (non-hydrogen) atoms. The van der Waals surface area contributed by atoms with Crippen LogP contribution in [0.3, 0.4) is 0 Å². The van der Waals surface area contributed by atoms with Gasteiger partial charge in [0, 0.05) is 6.04 Å². The molecule has 0 saturated carbocycles. The van der Waals surface area contributed by atoms with E-state index in [2.05, 4.69) is 34.1 Å². The van der Waals surface area contributed by atoms with Crippen molar-refractivity contribution in [3.8, 4) is 0 Å². The summed E-state index contributed by atoms with van der Waals surface area (Å²) in [6, 6.07) is 5.96. The zero-order valence-corrected chi connectivity index (χ0v) is 12.7. The number of rotatable bonds is 5. The molecule has 106 valence electrons. The van der Waals surface area contributed by atoms with E-state index in [1.807, 2.05) is 6.07 Å². The fourth-order valence-electron chi connectivity index (χ4n) is 2.03. The molecule has 0 aromatic carbocycles. The maximum Gasteiger partial charge on any atom is 0.339 e. The number of aromatic nitrogens is 1. The maximum absolute atomic E-state index is 11.5. The number of hydrogen-bond acceptors (Lipinski definition) is 5. The third kappa shape index (κ3) is 3.57. The summed E-state index contributed by atoms with van der Waals surface area (Å²) in [6.07, 6.45) is 0.947. The number of esters is 1. The number of carbonyl (C=O) groups excluding carboxylic acids is 1. The molecule has 2 heterocycles. The van der Waals surface area contributed by atoms with Gasteiger partial charge in [-0.2, -0.15) is 11.3 Å². The summed E-state index contributed by atoms with van der Waals surface area (Å²) >= 11 is 1.70. The van der Waals surface area contributed by atoms with Crippen molar-refractivity contribution in [2.45, 2.75) is 26.3 Å². The van der Waals surface area contributed by atoms with Crippen LogP contribution < -0.4 is 5.32 Å². The van der Waals surface area contributed by atoms with Crippen LogP contribution in [-0.4, -0.2) is 24.1 Å². The summed E-state index contributed by atoms with van der Waals surface area (Å²) in [4.78, 5) is 15.9. The minimum atomic E-state index is -0.354. The van der Waals surface area contributed by atoms with E-state index < -0.39 is 0 Å². The minimum absolute atomic E-state index is 0.278. The molecular weight excluding hydrogens is 272 g/mol. The predicted molar refractivity (Wildman–Crippen MR) is 81.4 cm³/mol. The number of nitrogens with zero attached hydrogens (tertiary/aromatic N) is 1. The van der Waals surface area contributed by atoms with E-state index in [1.165, 1.54) is 12.7 Å². The zero-order chi connectivity index (χ0) is 14.5. The van der Waals surface area contributed by atoms with Crippen molar-refractivity contribution < 1.29 is 9.53 Å². The van der Waals surface area contributed by atoms with Gasteiger partial charge in [-0.15, -0.1) is 0 Å². The third-order valence-corrected chi connectivity index (χ3v) is 3.74. The smallest absolute Gasteiger partial charge is 0.339 e. The van der Waals surface area contributed by atoms with Crippen LogP contribution in [0.4, 0.5) is 5.82 Å². The lowest BCUT2D eigenvalue weighted by Crippen LogP contribution is -2.19. The minimum Gasteiger partial charge on any atom is -0.465 e. The highest BCUT2D eigenvalue weighted by molar-refractivity contribution is 7.07. The lowest BCUT2D eigenvalue weighted by atomic mass is 10.1. The number of pyridine rings is 1. The van der Waals surface area contributed by atoms with Crippen LogP contribution in [0.5, 0.6) is 0 Å². The maximum atomic E-state index is 11.5. The Morgan fingerprint density at radius 3 is 2.85 bits per heavy atom. The Bertz CT molecular complexity index is 582.